The molecule has 2 aromatic rings. The van der Waals surface area contributed by atoms with Crippen molar-refractivity contribution in [2.75, 3.05) is 13.7 Å². The van der Waals surface area contributed by atoms with Gasteiger partial charge in [-0.1, -0.05) is 15.9 Å². The molecule has 0 atom stereocenters. The van der Waals surface area contributed by atoms with Crippen molar-refractivity contribution in [2.45, 2.75) is 0 Å². The first kappa shape index (κ1) is 20.0. The number of nitro benzene ring substituents is 1. The Hall–Kier alpha value is -3.27. The van der Waals surface area contributed by atoms with Crippen molar-refractivity contribution >= 4 is 39.6 Å². The highest BCUT2D eigenvalue weighted by molar-refractivity contribution is 9.10. The highest BCUT2D eigenvalue weighted by Gasteiger charge is 2.14. The normalized spacial score (nSPS) is 10.4. The third kappa shape index (κ3) is 5.89. The lowest BCUT2D eigenvalue weighted by molar-refractivity contribution is -0.385. The second-order valence-electron chi connectivity index (χ2n) is 5.17. The number of methoxy groups -OCH3 is 1. The van der Waals surface area contributed by atoms with Crippen LogP contribution in [0.15, 0.2) is 52.0 Å². The van der Waals surface area contributed by atoms with Gasteiger partial charge in [-0.25, -0.2) is 5.43 Å². The maximum Gasteiger partial charge on any atom is 0.311 e. The van der Waals surface area contributed by atoms with Gasteiger partial charge in [0.1, 0.15) is 0 Å². The van der Waals surface area contributed by atoms with Gasteiger partial charge in [0.05, 0.1) is 24.8 Å². The first-order valence-electron chi connectivity index (χ1n) is 7.59. The van der Waals surface area contributed by atoms with Gasteiger partial charge in [0.15, 0.2) is 5.75 Å². The molecule has 0 aliphatic carbocycles. The summed E-state index contributed by atoms with van der Waals surface area (Å²) < 4.78 is 5.74. The Morgan fingerprint density at radius 3 is 2.59 bits per heavy atom. The van der Waals surface area contributed by atoms with Crippen molar-refractivity contribution in [2.24, 2.45) is 5.10 Å². The van der Waals surface area contributed by atoms with E-state index in [2.05, 4.69) is 31.8 Å². The maximum atomic E-state index is 11.9. The number of nitrogens with zero attached hydrogens (tertiary/aromatic N) is 2. The lowest BCUT2D eigenvalue weighted by Crippen LogP contribution is -2.34. The molecule has 2 aromatic carbocycles. The molecule has 2 rings (SSSR count). The van der Waals surface area contributed by atoms with E-state index in [0.717, 1.165) is 4.47 Å². The molecule has 0 bridgehead atoms. The second kappa shape index (κ2) is 9.43. The number of carbonyl (C=O) groups is 2. The Kier molecular flexibility index (Phi) is 7.00. The Labute approximate surface area is 162 Å². The summed E-state index contributed by atoms with van der Waals surface area (Å²) >= 11 is 3.27. The molecule has 0 saturated heterocycles. The van der Waals surface area contributed by atoms with E-state index >= 15 is 0 Å². The van der Waals surface area contributed by atoms with Crippen LogP contribution >= 0.6 is 15.9 Å². The first-order chi connectivity index (χ1) is 12.9. The van der Waals surface area contributed by atoms with E-state index in [4.69, 9.17) is 4.74 Å². The number of halogens is 1. The summed E-state index contributed by atoms with van der Waals surface area (Å²) in [5.74, 6) is -0.816. The zero-order chi connectivity index (χ0) is 19.8. The number of hydrogen-bond donors (Lipinski definition) is 2. The van der Waals surface area contributed by atoms with Gasteiger partial charge in [-0.3, -0.25) is 19.7 Å². The Morgan fingerprint density at radius 1 is 1.26 bits per heavy atom. The molecule has 27 heavy (non-hydrogen) atoms. The summed E-state index contributed by atoms with van der Waals surface area (Å²) in [7, 11) is 1.33. The van der Waals surface area contributed by atoms with Crippen LogP contribution in [-0.4, -0.2) is 36.6 Å². The predicted octanol–water partition coefficient (Wildman–Crippen LogP) is 2.25. The number of amides is 2. The van der Waals surface area contributed by atoms with Crippen molar-refractivity contribution in [3.8, 4) is 5.75 Å². The van der Waals surface area contributed by atoms with Gasteiger partial charge >= 0.3 is 5.69 Å². The molecule has 0 fully saturated rings. The van der Waals surface area contributed by atoms with Crippen LogP contribution in [0.1, 0.15) is 15.9 Å². The number of nitrogens with one attached hydrogen (secondary N) is 2. The molecule has 2 N–H and O–H groups in total. The van der Waals surface area contributed by atoms with Crippen molar-refractivity contribution in [3.63, 3.8) is 0 Å². The van der Waals surface area contributed by atoms with Gasteiger partial charge < -0.3 is 10.1 Å². The monoisotopic (exact) mass is 434 g/mol. The second-order valence-corrected chi connectivity index (χ2v) is 6.09. The molecule has 0 saturated carbocycles. The number of carbonyl (C=O) groups excluding carboxylic acids is 2. The van der Waals surface area contributed by atoms with E-state index in [1.807, 2.05) is 0 Å². The van der Waals surface area contributed by atoms with Crippen LogP contribution in [0.3, 0.4) is 0 Å². The van der Waals surface area contributed by atoms with E-state index in [1.54, 1.807) is 30.3 Å². The Bertz CT molecular complexity index is 883. The average Bonchev–Trinajstić information content (AvgIpc) is 2.66. The van der Waals surface area contributed by atoms with Crippen LogP contribution < -0.4 is 15.5 Å². The van der Waals surface area contributed by atoms with Gasteiger partial charge in [0, 0.05) is 21.7 Å². The SMILES string of the molecule is COc1ccc(/C=N\NC(=O)CNC(=O)c2ccc(Br)cc2)cc1[N+](=O)[O-]. The van der Waals surface area contributed by atoms with Gasteiger partial charge in [-0.05, 0) is 36.4 Å². The van der Waals surface area contributed by atoms with Crippen molar-refractivity contribution in [1.82, 2.24) is 10.7 Å². The molecular weight excluding hydrogens is 420 g/mol. The highest BCUT2D eigenvalue weighted by atomic mass is 79.9. The fourth-order valence-electron chi connectivity index (χ4n) is 2.01. The first-order valence-corrected chi connectivity index (χ1v) is 8.38. The lowest BCUT2D eigenvalue weighted by Gasteiger charge is -2.04. The smallest absolute Gasteiger partial charge is 0.311 e. The highest BCUT2D eigenvalue weighted by Crippen LogP contribution is 2.26. The van der Waals surface area contributed by atoms with Crippen LogP contribution in [0.2, 0.25) is 0 Å². The minimum atomic E-state index is -0.577. The van der Waals surface area contributed by atoms with E-state index in [0.29, 0.717) is 11.1 Å². The Morgan fingerprint density at radius 2 is 1.96 bits per heavy atom. The number of hydrazone groups is 1. The summed E-state index contributed by atoms with van der Waals surface area (Å²) in [6.07, 6.45) is 1.25. The van der Waals surface area contributed by atoms with Gasteiger partial charge in [-0.2, -0.15) is 5.10 Å². The fourth-order valence-corrected chi connectivity index (χ4v) is 2.28. The molecule has 0 radical (unpaired) electrons. The third-order valence-electron chi connectivity index (χ3n) is 3.32. The molecule has 0 aromatic heterocycles. The quantitative estimate of drug-likeness (QED) is 0.392. The van der Waals surface area contributed by atoms with E-state index in [9.17, 15) is 19.7 Å². The zero-order valence-electron chi connectivity index (χ0n) is 14.1. The predicted molar refractivity (Wildman–Crippen MR) is 102 cm³/mol. The Balaban J connectivity index is 1.88. The van der Waals surface area contributed by atoms with Crippen molar-refractivity contribution < 1.29 is 19.2 Å². The lowest BCUT2D eigenvalue weighted by atomic mass is 10.2. The maximum absolute atomic E-state index is 11.9. The standard InChI is InChI=1S/C17H15BrN4O5/c1-27-15-7-2-11(8-14(15)22(25)26)9-20-21-16(23)10-19-17(24)12-3-5-13(18)6-4-12/h2-9H,10H2,1H3,(H,19,24)(H,21,23)/b20-9-. The van der Waals surface area contributed by atoms with E-state index < -0.39 is 16.7 Å². The van der Waals surface area contributed by atoms with Crippen LogP contribution in [0.5, 0.6) is 5.75 Å². The summed E-state index contributed by atoms with van der Waals surface area (Å²) in [6.45, 7) is -0.269. The topological polar surface area (TPSA) is 123 Å². The zero-order valence-corrected chi connectivity index (χ0v) is 15.7. The van der Waals surface area contributed by atoms with Gasteiger partial charge in [0.2, 0.25) is 0 Å². The number of benzene rings is 2. The minimum Gasteiger partial charge on any atom is -0.490 e. The number of rotatable bonds is 7. The summed E-state index contributed by atoms with van der Waals surface area (Å²) in [6, 6.07) is 10.9. The van der Waals surface area contributed by atoms with E-state index in [1.165, 1.54) is 25.5 Å². The molecule has 0 spiro atoms. The molecule has 0 unspecified atom stereocenters. The molecule has 0 aliphatic heterocycles. The van der Waals surface area contributed by atoms with Crippen LogP contribution in [0, 0.1) is 10.1 Å². The van der Waals surface area contributed by atoms with Gasteiger partial charge in [-0.15, -0.1) is 0 Å². The molecule has 140 valence electrons. The molecule has 0 aliphatic rings. The molecule has 10 heteroatoms. The molecule has 2 amide bonds. The van der Waals surface area contributed by atoms with Crippen LogP contribution in [0.4, 0.5) is 5.69 Å². The van der Waals surface area contributed by atoms with Crippen molar-refractivity contribution in [3.05, 3.63) is 68.2 Å². The summed E-state index contributed by atoms with van der Waals surface area (Å²) in [5.41, 5.74) is 2.84. The molecular formula is C17H15BrN4O5. The van der Waals surface area contributed by atoms with E-state index in [-0.39, 0.29) is 18.0 Å². The molecule has 9 nitrogen and oxygen atoms in total. The van der Waals surface area contributed by atoms with Gasteiger partial charge in [0.25, 0.3) is 11.8 Å². The van der Waals surface area contributed by atoms with Crippen LogP contribution in [0.25, 0.3) is 0 Å². The summed E-state index contributed by atoms with van der Waals surface area (Å²) in [5, 5.41) is 17.1. The minimum absolute atomic E-state index is 0.122. The third-order valence-corrected chi connectivity index (χ3v) is 3.85. The largest absolute Gasteiger partial charge is 0.490 e. The van der Waals surface area contributed by atoms with Crippen molar-refractivity contribution in [1.29, 1.82) is 0 Å². The van der Waals surface area contributed by atoms with Crippen LogP contribution in [-0.2, 0) is 4.79 Å². The average molecular weight is 435 g/mol. The number of nitro groups is 1. The molecule has 0 heterocycles. The number of ether oxygens (including phenoxy) is 1. The summed E-state index contributed by atoms with van der Waals surface area (Å²) in [4.78, 5) is 34.0. The fraction of sp³-hybridized carbons (Fsp3) is 0.118. The number of hydrogen-bond acceptors (Lipinski definition) is 6.